The van der Waals surface area contributed by atoms with Crippen molar-refractivity contribution >= 4 is 35.2 Å². The summed E-state index contributed by atoms with van der Waals surface area (Å²) in [7, 11) is 0. The highest BCUT2D eigenvalue weighted by Gasteiger charge is 2.10. The molecule has 1 amide bonds. The summed E-state index contributed by atoms with van der Waals surface area (Å²) < 4.78 is 5.38. The molecule has 1 aliphatic rings. The molecule has 2 aromatic rings. The van der Waals surface area contributed by atoms with Gasteiger partial charge in [0.1, 0.15) is 0 Å². The maximum atomic E-state index is 12.1. The Labute approximate surface area is 169 Å². The molecule has 0 aromatic heterocycles. The third-order valence-electron chi connectivity index (χ3n) is 4.34. The van der Waals surface area contributed by atoms with Crippen LogP contribution in [0.2, 0.25) is 10.0 Å². The van der Waals surface area contributed by atoms with Crippen LogP contribution >= 0.6 is 23.2 Å². The van der Waals surface area contributed by atoms with E-state index in [2.05, 4.69) is 22.3 Å². The van der Waals surface area contributed by atoms with Crippen molar-refractivity contribution in [2.24, 2.45) is 0 Å². The Bertz CT molecular complexity index is 818. The van der Waals surface area contributed by atoms with Gasteiger partial charge in [0, 0.05) is 32.3 Å². The highest BCUT2D eigenvalue weighted by atomic mass is 35.5. The Kier molecular flexibility index (Phi) is 7.30. The van der Waals surface area contributed by atoms with Crippen LogP contribution in [0.3, 0.4) is 0 Å². The van der Waals surface area contributed by atoms with Crippen LogP contribution in [0, 0.1) is 0 Å². The van der Waals surface area contributed by atoms with Crippen molar-refractivity contribution in [3.8, 4) is 0 Å². The maximum absolute atomic E-state index is 12.1. The molecule has 0 bridgehead atoms. The van der Waals surface area contributed by atoms with Crippen LogP contribution in [0.5, 0.6) is 0 Å². The summed E-state index contributed by atoms with van der Waals surface area (Å²) in [6.45, 7) is 4.90. The number of ether oxygens (including phenoxy) is 1. The van der Waals surface area contributed by atoms with E-state index in [9.17, 15) is 4.79 Å². The fraction of sp³-hybridized carbons (Fsp3) is 0.286. The molecule has 3 rings (SSSR count). The molecular formula is C21H22Cl2N2O2. The average Bonchev–Trinajstić information content (AvgIpc) is 2.68. The number of amides is 1. The zero-order valence-electron chi connectivity index (χ0n) is 15.0. The Morgan fingerprint density at radius 2 is 1.85 bits per heavy atom. The summed E-state index contributed by atoms with van der Waals surface area (Å²) >= 11 is 11.9. The van der Waals surface area contributed by atoms with Crippen molar-refractivity contribution in [1.29, 1.82) is 0 Å². The van der Waals surface area contributed by atoms with Crippen LogP contribution < -0.4 is 5.32 Å². The van der Waals surface area contributed by atoms with E-state index in [0.717, 1.165) is 44.0 Å². The number of hydrogen-bond acceptors (Lipinski definition) is 3. The smallest absolute Gasteiger partial charge is 0.244 e. The predicted molar refractivity (Wildman–Crippen MR) is 110 cm³/mol. The first-order valence-electron chi connectivity index (χ1n) is 8.89. The molecule has 27 heavy (non-hydrogen) atoms. The molecule has 142 valence electrons. The minimum absolute atomic E-state index is 0.153. The largest absolute Gasteiger partial charge is 0.379 e. The van der Waals surface area contributed by atoms with Crippen LogP contribution in [0.25, 0.3) is 6.08 Å². The van der Waals surface area contributed by atoms with Gasteiger partial charge in [-0.2, -0.15) is 0 Å². The Morgan fingerprint density at radius 1 is 1.07 bits per heavy atom. The van der Waals surface area contributed by atoms with Gasteiger partial charge in [-0.1, -0.05) is 53.5 Å². The average molecular weight is 405 g/mol. The zero-order valence-corrected chi connectivity index (χ0v) is 16.5. The summed E-state index contributed by atoms with van der Waals surface area (Å²) in [5.41, 5.74) is 3.15. The summed E-state index contributed by atoms with van der Waals surface area (Å²) in [6, 6.07) is 13.6. The van der Waals surface area contributed by atoms with Gasteiger partial charge in [0.15, 0.2) is 0 Å². The molecule has 4 nitrogen and oxygen atoms in total. The third-order valence-corrected chi connectivity index (χ3v) is 5.08. The molecule has 0 spiro atoms. The second kappa shape index (κ2) is 9.90. The van der Waals surface area contributed by atoms with Crippen molar-refractivity contribution in [2.75, 3.05) is 26.3 Å². The van der Waals surface area contributed by atoms with E-state index in [1.54, 1.807) is 18.2 Å². The van der Waals surface area contributed by atoms with E-state index in [1.165, 1.54) is 11.6 Å². The van der Waals surface area contributed by atoms with E-state index in [-0.39, 0.29) is 5.91 Å². The Hall–Kier alpha value is -1.85. The second-order valence-corrected chi connectivity index (χ2v) is 7.25. The fourth-order valence-corrected chi connectivity index (χ4v) is 3.20. The summed E-state index contributed by atoms with van der Waals surface area (Å²) in [5, 5.41) is 3.87. The first-order chi connectivity index (χ1) is 13.1. The van der Waals surface area contributed by atoms with Crippen molar-refractivity contribution in [3.05, 3.63) is 75.3 Å². The van der Waals surface area contributed by atoms with Gasteiger partial charge in [-0.05, 0) is 34.9 Å². The Balaban J connectivity index is 1.51. The standard InChI is InChI=1S/C21H22Cl2N2O2/c22-19-6-4-16(13-20(19)23)5-7-21(26)24-14-17-2-1-3-18(12-17)15-25-8-10-27-11-9-25/h1-7,12-13H,8-11,14-15H2,(H,24,26). The van der Waals surface area contributed by atoms with E-state index >= 15 is 0 Å². The van der Waals surface area contributed by atoms with Gasteiger partial charge < -0.3 is 10.1 Å². The molecule has 0 radical (unpaired) electrons. The number of carbonyl (C=O) groups excluding carboxylic acids is 1. The molecule has 1 heterocycles. The number of nitrogens with zero attached hydrogens (tertiary/aromatic N) is 1. The first-order valence-corrected chi connectivity index (χ1v) is 9.64. The Morgan fingerprint density at radius 3 is 2.63 bits per heavy atom. The number of nitrogens with one attached hydrogen (secondary N) is 1. The van der Waals surface area contributed by atoms with Gasteiger partial charge in [0.25, 0.3) is 0 Å². The maximum Gasteiger partial charge on any atom is 0.244 e. The fourth-order valence-electron chi connectivity index (χ4n) is 2.89. The molecule has 1 aliphatic heterocycles. The lowest BCUT2D eigenvalue weighted by Crippen LogP contribution is -2.35. The summed E-state index contributed by atoms with van der Waals surface area (Å²) in [6.07, 6.45) is 3.21. The molecule has 0 atom stereocenters. The number of benzene rings is 2. The predicted octanol–water partition coefficient (Wildman–Crippen LogP) is 4.16. The van der Waals surface area contributed by atoms with Gasteiger partial charge in [0.2, 0.25) is 5.91 Å². The van der Waals surface area contributed by atoms with E-state index in [0.29, 0.717) is 16.6 Å². The van der Waals surface area contributed by atoms with Crippen molar-refractivity contribution < 1.29 is 9.53 Å². The molecule has 6 heteroatoms. The molecule has 2 aromatic carbocycles. The van der Waals surface area contributed by atoms with E-state index < -0.39 is 0 Å². The minimum atomic E-state index is -0.153. The number of hydrogen-bond donors (Lipinski definition) is 1. The molecular weight excluding hydrogens is 383 g/mol. The zero-order chi connectivity index (χ0) is 19.1. The van der Waals surface area contributed by atoms with Gasteiger partial charge in [-0.3, -0.25) is 9.69 Å². The number of morpholine rings is 1. The highest BCUT2D eigenvalue weighted by Crippen LogP contribution is 2.23. The van der Waals surface area contributed by atoms with Crippen molar-refractivity contribution in [2.45, 2.75) is 13.1 Å². The van der Waals surface area contributed by atoms with Gasteiger partial charge >= 0.3 is 0 Å². The van der Waals surface area contributed by atoms with Crippen LogP contribution in [0.1, 0.15) is 16.7 Å². The summed E-state index contributed by atoms with van der Waals surface area (Å²) in [5.74, 6) is -0.153. The quantitative estimate of drug-likeness (QED) is 0.734. The molecule has 0 unspecified atom stereocenters. The number of halogens is 2. The van der Waals surface area contributed by atoms with Crippen LogP contribution in [0.15, 0.2) is 48.5 Å². The third kappa shape index (κ3) is 6.36. The SMILES string of the molecule is O=C(C=Cc1ccc(Cl)c(Cl)c1)NCc1cccc(CN2CCOCC2)c1. The molecule has 0 aliphatic carbocycles. The topological polar surface area (TPSA) is 41.6 Å². The lowest BCUT2D eigenvalue weighted by molar-refractivity contribution is -0.116. The lowest BCUT2D eigenvalue weighted by Gasteiger charge is -2.26. The van der Waals surface area contributed by atoms with Crippen LogP contribution in [-0.4, -0.2) is 37.1 Å². The monoisotopic (exact) mass is 404 g/mol. The molecule has 0 saturated carbocycles. The van der Waals surface area contributed by atoms with E-state index in [1.807, 2.05) is 18.2 Å². The van der Waals surface area contributed by atoms with Crippen LogP contribution in [-0.2, 0) is 22.6 Å². The molecule has 1 saturated heterocycles. The van der Waals surface area contributed by atoms with Gasteiger partial charge in [0.05, 0.1) is 23.3 Å². The second-order valence-electron chi connectivity index (χ2n) is 6.43. The molecule has 1 fully saturated rings. The number of rotatable bonds is 6. The highest BCUT2D eigenvalue weighted by molar-refractivity contribution is 6.42. The normalized spacial score (nSPS) is 15.2. The minimum Gasteiger partial charge on any atom is -0.379 e. The number of carbonyl (C=O) groups is 1. The van der Waals surface area contributed by atoms with Crippen molar-refractivity contribution in [3.63, 3.8) is 0 Å². The first kappa shape index (κ1) is 19.9. The van der Waals surface area contributed by atoms with Gasteiger partial charge in [-0.25, -0.2) is 0 Å². The summed E-state index contributed by atoms with van der Waals surface area (Å²) in [4.78, 5) is 14.4. The van der Waals surface area contributed by atoms with Gasteiger partial charge in [-0.15, -0.1) is 0 Å². The van der Waals surface area contributed by atoms with Crippen molar-refractivity contribution in [1.82, 2.24) is 10.2 Å². The lowest BCUT2D eigenvalue weighted by atomic mass is 10.1. The van der Waals surface area contributed by atoms with Crippen LogP contribution in [0.4, 0.5) is 0 Å². The molecule has 1 N–H and O–H groups in total. The van der Waals surface area contributed by atoms with E-state index in [4.69, 9.17) is 27.9 Å².